The lowest BCUT2D eigenvalue weighted by Gasteiger charge is -2.25. The molecular weight excluding hydrogens is 476 g/mol. The number of hydrogen-bond donors (Lipinski definition) is 4. The number of ether oxygens (including phenoxy) is 1. The van der Waals surface area contributed by atoms with E-state index >= 15 is 0 Å². The molecule has 10 nitrogen and oxygen atoms in total. The van der Waals surface area contributed by atoms with E-state index in [-0.39, 0.29) is 31.3 Å². The fourth-order valence-electron chi connectivity index (χ4n) is 4.33. The maximum Gasteiger partial charge on any atom is 0.330 e. The third-order valence-corrected chi connectivity index (χ3v) is 6.67. The van der Waals surface area contributed by atoms with Gasteiger partial charge in [-0.1, -0.05) is 42.8 Å². The topological polar surface area (TPSA) is 143 Å². The summed E-state index contributed by atoms with van der Waals surface area (Å²) in [5.41, 5.74) is 0.798. The molecule has 1 aromatic rings. The number of rotatable bonds is 12. The lowest BCUT2D eigenvalue weighted by Crippen LogP contribution is -2.54. The van der Waals surface area contributed by atoms with Crippen LogP contribution in [0.5, 0.6) is 0 Å². The second-order valence-electron chi connectivity index (χ2n) is 9.46. The Bertz CT molecular complexity index is 992. The van der Waals surface area contributed by atoms with E-state index in [1.54, 1.807) is 6.92 Å². The minimum atomic E-state index is -1.04. The van der Waals surface area contributed by atoms with Crippen LogP contribution >= 0.6 is 0 Å². The summed E-state index contributed by atoms with van der Waals surface area (Å²) in [4.78, 5) is 62.3. The van der Waals surface area contributed by atoms with Crippen molar-refractivity contribution in [2.45, 2.75) is 57.5 Å². The number of benzene rings is 1. The van der Waals surface area contributed by atoms with Gasteiger partial charge in [0.25, 0.3) is 0 Å². The summed E-state index contributed by atoms with van der Waals surface area (Å²) >= 11 is 0. The molecule has 37 heavy (non-hydrogen) atoms. The molecule has 3 rings (SSSR count). The molecule has 2 aliphatic rings. The Morgan fingerprint density at radius 1 is 1.08 bits per heavy atom. The van der Waals surface area contributed by atoms with Crippen LogP contribution < -0.4 is 21.3 Å². The van der Waals surface area contributed by atoms with Gasteiger partial charge in [0.1, 0.15) is 6.04 Å². The van der Waals surface area contributed by atoms with Gasteiger partial charge in [-0.15, -0.1) is 0 Å². The highest BCUT2D eigenvalue weighted by molar-refractivity contribution is 6.35. The summed E-state index contributed by atoms with van der Waals surface area (Å²) in [5.74, 6) is -2.79. The van der Waals surface area contributed by atoms with Gasteiger partial charge in [0, 0.05) is 37.5 Å². The van der Waals surface area contributed by atoms with Gasteiger partial charge in [-0.05, 0) is 44.1 Å². The lowest BCUT2D eigenvalue weighted by molar-refractivity contribution is -0.141. The Morgan fingerprint density at radius 2 is 1.84 bits per heavy atom. The quantitative estimate of drug-likeness (QED) is 0.185. The summed E-state index contributed by atoms with van der Waals surface area (Å²) in [6.45, 7) is 2.88. The molecule has 1 aliphatic carbocycles. The summed E-state index contributed by atoms with van der Waals surface area (Å²) in [6, 6.07) is 7.43. The van der Waals surface area contributed by atoms with E-state index in [2.05, 4.69) is 21.3 Å². The molecule has 1 heterocycles. The summed E-state index contributed by atoms with van der Waals surface area (Å²) in [6.07, 6.45) is 6.95. The second kappa shape index (κ2) is 14.2. The van der Waals surface area contributed by atoms with Crippen molar-refractivity contribution in [2.75, 3.05) is 19.7 Å². The number of carbonyl (C=O) groups is 5. The van der Waals surface area contributed by atoms with Gasteiger partial charge in [-0.3, -0.25) is 19.2 Å². The van der Waals surface area contributed by atoms with Crippen molar-refractivity contribution >= 4 is 29.6 Å². The maximum absolute atomic E-state index is 13.4. The van der Waals surface area contributed by atoms with Crippen LogP contribution in [-0.2, 0) is 35.1 Å². The monoisotopic (exact) mass is 512 g/mol. The first-order valence-electron chi connectivity index (χ1n) is 12.9. The Balaban J connectivity index is 1.70. The van der Waals surface area contributed by atoms with Crippen molar-refractivity contribution in [3.8, 4) is 0 Å². The van der Waals surface area contributed by atoms with Crippen LogP contribution in [0.2, 0.25) is 0 Å². The second-order valence-corrected chi connectivity index (χ2v) is 9.46. The molecule has 3 atom stereocenters. The molecule has 4 N–H and O–H groups in total. The first-order chi connectivity index (χ1) is 17.9. The van der Waals surface area contributed by atoms with Crippen LogP contribution in [0.4, 0.5) is 0 Å². The third kappa shape index (κ3) is 9.04. The van der Waals surface area contributed by atoms with Crippen molar-refractivity contribution in [1.82, 2.24) is 21.3 Å². The van der Waals surface area contributed by atoms with E-state index in [0.29, 0.717) is 25.4 Å². The van der Waals surface area contributed by atoms with Crippen LogP contribution in [0.1, 0.15) is 44.6 Å². The average molecular weight is 513 g/mol. The fraction of sp³-hybridized carbons (Fsp3) is 0.519. The van der Waals surface area contributed by atoms with Gasteiger partial charge < -0.3 is 26.0 Å². The van der Waals surface area contributed by atoms with Gasteiger partial charge in [0.2, 0.25) is 11.8 Å². The van der Waals surface area contributed by atoms with E-state index in [4.69, 9.17) is 4.74 Å². The predicted octanol–water partition coefficient (Wildman–Crippen LogP) is 0.761. The molecule has 0 unspecified atom stereocenters. The van der Waals surface area contributed by atoms with Crippen LogP contribution in [0.15, 0.2) is 42.5 Å². The van der Waals surface area contributed by atoms with Crippen LogP contribution in [-0.4, -0.2) is 61.4 Å². The number of hydrogen-bond acceptors (Lipinski definition) is 6. The standard InChI is InChI=1S/C27H36N4O6/c1-2-37-23(32)12-11-21(16-20-13-14-28-24(20)33)30-25(34)22(15-18-7-4-3-5-8-18)31-27(36)26(35)29-17-19-9-6-10-19/h3-5,7-8,11-12,19-22H,2,6,9-10,13-17H2,1H3,(H,28,33)(H,29,35)(H,30,34)(H,31,36)/t20-,21+,22-/m0/s1. The van der Waals surface area contributed by atoms with Gasteiger partial charge in [0.15, 0.2) is 0 Å². The summed E-state index contributed by atoms with van der Waals surface area (Å²) in [7, 11) is 0. The van der Waals surface area contributed by atoms with E-state index in [1.165, 1.54) is 12.2 Å². The van der Waals surface area contributed by atoms with Gasteiger partial charge in [0.05, 0.1) is 6.61 Å². The third-order valence-electron chi connectivity index (χ3n) is 6.67. The van der Waals surface area contributed by atoms with Crippen molar-refractivity contribution in [2.24, 2.45) is 11.8 Å². The number of nitrogens with one attached hydrogen (secondary N) is 4. The molecule has 1 saturated heterocycles. The lowest BCUT2D eigenvalue weighted by atomic mass is 9.85. The summed E-state index contributed by atoms with van der Waals surface area (Å²) in [5, 5.41) is 10.8. The molecule has 0 aromatic heterocycles. The molecule has 1 saturated carbocycles. The highest BCUT2D eigenvalue weighted by atomic mass is 16.5. The zero-order valence-electron chi connectivity index (χ0n) is 21.2. The molecular formula is C27H36N4O6. The van der Waals surface area contributed by atoms with Crippen LogP contribution in [0.25, 0.3) is 0 Å². The molecule has 1 aliphatic heterocycles. The molecule has 0 bridgehead atoms. The molecule has 4 amide bonds. The molecule has 0 radical (unpaired) electrons. The van der Waals surface area contributed by atoms with Crippen molar-refractivity contribution in [3.05, 3.63) is 48.0 Å². The first kappa shape index (κ1) is 27.9. The van der Waals surface area contributed by atoms with E-state index in [1.807, 2.05) is 30.3 Å². The smallest absolute Gasteiger partial charge is 0.330 e. The molecule has 2 fully saturated rings. The normalized spacial score (nSPS) is 18.8. The van der Waals surface area contributed by atoms with Crippen molar-refractivity contribution < 1.29 is 28.7 Å². The zero-order valence-corrected chi connectivity index (χ0v) is 21.2. The van der Waals surface area contributed by atoms with Crippen LogP contribution in [0.3, 0.4) is 0 Å². The minimum absolute atomic E-state index is 0.110. The molecule has 10 heteroatoms. The first-order valence-corrected chi connectivity index (χ1v) is 12.9. The molecule has 200 valence electrons. The molecule has 1 aromatic carbocycles. The van der Waals surface area contributed by atoms with Crippen LogP contribution in [0, 0.1) is 11.8 Å². The highest BCUT2D eigenvalue weighted by Gasteiger charge is 2.30. The highest BCUT2D eigenvalue weighted by Crippen LogP contribution is 2.25. The Hall–Kier alpha value is -3.69. The Morgan fingerprint density at radius 3 is 2.46 bits per heavy atom. The summed E-state index contributed by atoms with van der Waals surface area (Å²) < 4.78 is 4.93. The molecule has 0 spiro atoms. The number of amides is 4. The Labute approximate surface area is 217 Å². The van der Waals surface area contributed by atoms with Crippen molar-refractivity contribution in [3.63, 3.8) is 0 Å². The minimum Gasteiger partial charge on any atom is -0.463 e. The fourth-order valence-corrected chi connectivity index (χ4v) is 4.33. The van der Waals surface area contributed by atoms with Gasteiger partial charge in [-0.2, -0.15) is 0 Å². The SMILES string of the molecule is CCOC(=O)C=C[C@H](C[C@@H]1CCNC1=O)NC(=O)[C@H](Cc1ccccc1)NC(=O)C(=O)NCC1CCC1. The average Bonchev–Trinajstić information content (AvgIpc) is 3.25. The van der Waals surface area contributed by atoms with Crippen molar-refractivity contribution in [1.29, 1.82) is 0 Å². The largest absolute Gasteiger partial charge is 0.463 e. The van der Waals surface area contributed by atoms with E-state index < -0.39 is 35.8 Å². The Kier molecular flexibility index (Phi) is 10.7. The number of esters is 1. The van der Waals surface area contributed by atoms with E-state index in [0.717, 1.165) is 24.8 Å². The zero-order chi connectivity index (χ0) is 26.6. The maximum atomic E-state index is 13.4. The van der Waals surface area contributed by atoms with Gasteiger partial charge >= 0.3 is 17.8 Å². The predicted molar refractivity (Wildman–Crippen MR) is 136 cm³/mol. The number of carbonyl (C=O) groups excluding carboxylic acids is 5. The van der Waals surface area contributed by atoms with Gasteiger partial charge in [-0.25, -0.2) is 4.79 Å². The van der Waals surface area contributed by atoms with E-state index in [9.17, 15) is 24.0 Å².